The van der Waals surface area contributed by atoms with Crippen LogP contribution in [0.15, 0.2) is 24.4 Å². The molecular weight excluding hydrogens is 261 g/mol. The molecule has 8 heteroatoms. The number of amides is 1. The zero-order chi connectivity index (χ0) is 13.1. The third-order valence-electron chi connectivity index (χ3n) is 2.05. The van der Waals surface area contributed by atoms with E-state index in [1.54, 1.807) is 0 Å². The predicted octanol–water partition coefficient (Wildman–Crippen LogP) is 1.63. The van der Waals surface area contributed by atoms with Crippen LogP contribution in [0.25, 0.3) is 0 Å². The number of hydrogen-bond acceptors (Lipinski definition) is 5. The first kappa shape index (κ1) is 12.1. The fourth-order valence-electron chi connectivity index (χ4n) is 1.20. The predicted molar refractivity (Wildman–Crippen MR) is 61.2 cm³/mol. The van der Waals surface area contributed by atoms with Gasteiger partial charge in [0.1, 0.15) is 10.7 Å². The van der Waals surface area contributed by atoms with Crippen LogP contribution in [-0.4, -0.2) is 26.6 Å². The summed E-state index contributed by atoms with van der Waals surface area (Å²) in [5, 5.41) is 14.4. The molecule has 6 nitrogen and oxygen atoms in total. The number of aromatic nitrogens is 2. The topological polar surface area (TPSA) is 92.2 Å². The van der Waals surface area contributed by atoms with Crippen molar-refractivity contribution in [2.24, 2.45) is 0 Å². The second-order valence-electron chi connectivity index (χ2n) is 3.24. The van der Waals surface area contributed by atoms with Gasteiger partial charge in [-0.1, -0.05) is 4.49 Å². The average Bonchev–Trinajstić information content (AvgIpc) is 2.85. The molecule has 0 saturated carbocycles. The van der Waals surface area contributed by atoms with Crippen molar-refractivity contribution in [3.05, 3.63) is 40.7 Å². The van der Waals surface area contributed by atoms with Gasteiger partial charge in [0.2, 0.25) is 0 Å². The van der Waals surface area contributed by atoms with Crippen molar-refractivity contribution >= 4 is 29.1 Å². The van der Waals surface area contributed by atoms with Gasteiger partial charge >= 0.3 is 5.97 Å². The molecule has 92 valence electrons. The summed E-state index contributed by atoms with van der Waals surface area (Å²) < 4.78 is 17.0. The van der Waals surface area contributed by atoms with Crippen molar-refractivity contribution < 1.29 is 19.1 Å². The molecule has 18 heavy (non-hydrogen) atoms. The molecule has 0 unspecified atom stereocenters. The number of nitrogens with zero attached hydrogens (tertiary/aromatic N) is 2. The number of carbonyl (C=O) groups is 2. The summed E-state index contributed by atoms with van der Waals surface area (Å²) in [6, 6.07) is 3.22. The Kier molecular flexibility index (Phi) is 3.28. The Morgan fingerprint density at radius 3 is 2.72 bits per heavy atom. The lowest BCUT2D eigenvalue weighted by atomic mass is 10.2. The van der Waals surface area contributed by atoms with E-state index in [0.29, 0.717) is 0 Å². The fourth-order valence-corrected chi connectivity index (χ4v) is 1.61. The Balaban J connectivity index is 2.20. The quantitative estimate of drug-likeness (QED) is 0.881. The summed E-state index contributed by atoms with van der Waals surface area (Å²) >= 11 is 0.874. The van der Waals surface area contributed by atoms with Crippen LogP contribution in [0.1, 0.15) is 20.0 Å². The van der Waals surface area contributed by atoms with E-state index < -0.39 is 17.7 Å². The Labute approximate surface area is 104 Å². The smallest absolute Gasteiger partial charge is 0.335 e. The summed E-state index contributed by atoms with van der Waals surface area (Å²) in [4.78, 5) is 22.4. The lowest BCUT2D eigenvalue weighted by Crippen LogP contribution is -2.12. The average molecular weight is 267 g/mol. The first-order chi connectivity index (χ1) is 8.58. The number of carboxylic acids is 1. The molecule has 2 aromatic rings. The van der Waals surface area contributed by atoms with Gasteiger partial charge in [0.25, 0.3) is 5.91 Å². The van der Waals surface area contributed by atoms with E-state index in [2.05, 4.69) is 14.9 Å². The first-order valence-electron chi connectivity index (χ1n) is 4.69. The van der Waals surface area contributed by atoms with Crippen molar-refractivity contribution in [2.75, 3.05) is 5.32 Å². The van der Waals surface area contributed by atoms with E-state index in [-0.39, 0.29) is 16.1 Å². The molecule has 1 aromatic heterocycles. The Morgan fingerprint density at radius 1 is 1.39 bits per heavy atom. The molecule has 0 aliphatic carbocycles. The van der Waals surface area contributed by atoms with E-state index in [0.717, 1.165) is 17.6 Å². The third-order valence-corrected chi connectivity index (χ3v) is 2.71. The van der Waals surface area contributed by atoms with Gasteiger partial charge in [-0.25, -0.2) is 9.18 Å². The SMILES string of the molecule is O=C(O)c1ccc(NC(=O)c2cnns2)c(F)c1. The van der Waals surface area contributed by atoms with Gasteiger partial charge in [-0.2, -0.15) is 0 Å². The second kappa shape index (κ2) is 4.88. The molecule has 0 saturated heterocycles. The number of hydrogen-bond donors (Lipinski definition) is 2. The number of benzene rings is 1. The maximum Gasteiger partial charge on any atom is 0.335 e. The van der Waals surface area contributed by atoms with Crippen LogP contribution in [-0.2, 0) is 0 Å². The number of nitrogens with one attached hydrogen (secondary N) is 1. The molecule has 0 bridgehead atoms. The van der Waals surface area contributed by atoms with Gasteiger partial charge in [-0.15, -0.1) is 5.10 Å². The van der Waals surface area contributed by atoms with Crippen molar-refractivity contribution in [1.82, 2.24) is 9.59 Å². The molecule has 1 aromatic carbocycles. The van der Waals surface area contributed by atoms with Crippen LogP contribution >= 0.6 is 11.5 Å². The number of anilines is 1. The summed E-state index contributed by atoms with van der Waals surface area (Å²) in [6.45, 7) is 0. The summed E-state index contributed by atoms with van der Waals surface area (Å²) in [5.41, 5.74) is -0.289. The van der Waals surface area contributed by atoms with Crippen LogP contribution < -0.4 is 5.32 Å². The normalized spacial score (nSPS) is 10.1. The van der Waals surface area contributed by atoms with Gasteiger partial charge in [0.05, 0.1) is 17.4 Å². The second-order valence-corrected chi connectivity index (χ2v) is 4.02. The van der Waals surface area contributed by atoms with Crippen LogP contribution in [0.3, 0.4) is 0 Å². The van der Waals surface area contributed by atoms with E-state index in [1.165, 1.54) is 18.3 Å². The van der Waals surface area contributed by atoms with E-state index >= 15 is 0 Å². The molecule has 0 radical (unpaired) electrons. The van der Waals surface area contributed by atoms with Gasteiger partial charge in [-0.3, -0.25) is 4.79 Å². The first-order valence-corrected chi connectivity index (χ1v) is 5.47. The van der Waals surface area contributed by atoms with E-state index in [9.17, 15) is 14.0 Å². The maximum absolute atomic E-state index is 13.5. The molecule has 1 heterocycles. The lowest BCUT2D eigenvalue weighted by Gasteiger charge is -2.05. The minimum absolute atomic E-state index is 0.0987. The van der Waals surface area contributed by atoms with Crippen molar-refractivity contribution in [1.29, 1.82) is 0 Å². The van der Waals surface area contributed by atoms with E-state index in [4.69, 9.17) is 5.11 Å². The summed E-state index contributed by atoms with van der Waals surface area (Å²) in [6.07, 6.45) is 1.25. The number of carboxylic acid groups (broad SMARTS) is 1. The number of carbonyl (C=O) groups excluding carboxylic acids is 1. The maximum atomic E-state index is 13.5. The highest BCUT2D eigenvalue weighted by Crippen LogP contribution is 2.17. The minimum atomic E-state index is -1.24. The van der Waals surface area contributed by atoms with Crippen LogP contribution in [0.5, 0.6) is 0 Å². The Morgan fingerprint density at radius 2 is 2.17 bits per heavy atom. The van der Waals surface area contributed by atoms with E-state index in [1.807, 2.05) is 0 Å². The van der Waals surface area contributed by atoms with Gasteiger partial charge in [-0.05, 0) is 29.7 Å². The van der Waals surface area contributed by atoms with Gasteiger partial charge < -0.3 is 10.4 Å². The highest BCUT2D eigenvalue weighted by atomic mass is 32.1. The van der Waals surface area contributed by atoms with Crippen molar-refractivity contribution in [2.45, 2.75) is 0 Å². The fraction of sp³-hybridized carbons (Fsp3) is 0. The molecule has 0 aliphatic heterocycles. The number of rotatable bonds is 3. The van der Waals surface area contributed by atoms with Gasteiger partial charge in [0, 0.05) is 0 Å². The van der Waals surface area contributed by atoms with Crippen molar-refractivity contribution in [3.8, 4) is 0 Å². The highest BCUT2D eigenvalue weighted by Gasteiger charge is 2.13. The molecule has 0 spiro atoms. The summed E-state index contributed by atoms with van der Waals surface area (Å²) in [5.74, 6) is -2.61. The third kappa shape index (κ3) is 2.48. The Hall–Kier alpha value is -2.35. The standard InChI is InChI=1S/C10H6FN3O3S/c11-6-3-5(10(16)17)1-2-7(6)13-9(15)8-4-12-14-18-8/h1-4H,(H,13,15)(H,16,17). The van der Waals surface area contributed by atoms with Crippen LogP contribution in [0.4, 0.5) is 10.1 Å². The minimum Gasteiger partial charge on any atom is -0.478 e. The monoisotopic (exact) mass is 267 g/mol. The molecule has 1 amide bonds. The molecule has 2 N–H and O–H groups in total. The molecular formula is C10H6FN3O3S. The highest BCUT2D eigenvalue weighted by molar-refractivity contribution is 7.07. The van der Waals surface area contributed by atoms with Gasteiger partial charge in [0.15, 0.2) is 0 Å². The Bertz CT molecular complexity index is 600. The summed E-state index contributed by atoms with van der Waals surface area (Å²) in [7, 11) is 0. The molecule has 0 atom stereocenters. The van der Waals surface area contributed by atoms with Crippen LogP contribution in [0.2, 0.25) is 0 Å². The molecule has 0 fully saturated rings. The zero-order valence-corrected chi connectivity index (χ0v) is 9.57. The van der Waals surface area contributed by atoms with Crippen molar-refractivity contribution in [3.63, 3.8) is 0 Å². The number of halogens is 1. The largest absolute Gasteiger partial charge is 0.478 e. The molecule has 2 rings (SSSR count). The zero-order valence-electron chi connectivity index (χ0n) is 8.75. The number of aromatic carboxylic acids is 1. The molecule has 0 aliphatic rings. The lowest BCUT2D eigenvalue weighted by molar-refractivity contribution is 0.0696. The van der Waals surface area contributed by atoms with Crippen LogP contribution in [0, 0.1) is 5.82 Å².